The SMILES string of the molecule is CCOC(=O)[C@@H]1CCC[NH+](CCOc2ccc3c(c2)CCC3)C1. The van der Waals surface area contributed by atoms with Crippen molar-refractivity contribution in [2.24, 2.45) is 5.92 Å². The van der Waals surface area contributed by atoms with E-state index in [0.717, 1.165) is 38.2 Å². The third-order valence-corrected chi connectivity index (χ3v) is 5.03. The van der Waals surface area contributed by atoms with Gasteiger partial charge in [0.2, 0.25) is 0 Å². The number of nitrogens with one attached hydrogen (secondary N) is 1. The normalized spacial score (nSPS) is 23.3. The molecule has 1 unspecified atom stereocenters. The van der Waals surface area contributed by atoms with Crippen LogP contribution in [0.2, 0.25) is 0 Å². The number of rotatable bonds is 6. The summed E-state index contributed by atoms with van der Waals surface area (Å²) in [6.45, 7) is 6.02. The second kappa shape index (κ2) is 7.82. The van der Waals surface area contributed by atoms with Crippen molar-refractivity contribution >= 4 is 5.97 Å². The lowest BCUT2D eigenvalue weighted by Crippen LogP contribution is -3.14. The minimum atomic E-state index is -0.0239. The molecule has 2 aliphatic rings. The highest BCUT2D eigenvalue weighted by Crippen LogP contribution is 2.25. The maximum Gasteiger partial charge on any atom is 0.314 e. The van der Waals surface area contributed by atoms with E-state index in [1.165, 1.54) is 35.3 Å². The second-order valence-corrected chi connectivity index (χ2v) is 6.68. The van der Waals surface area contributed by atoms with E-state index in [1.807, 2.05) is 6.92 Å². The van der Waals surface area contributed by atoms with E-state index in [-0.39, 0.29) is 11.9 Å². The summed E-state index contributed by atoms with van der Waals surface area (Å²) in [4.78, 5) is 13.3. The van der Waals surface area contributed by atoms with Gasteiger partial charge in [-0.25, -0.2) is 0 Å². The molecule has 4 heteroatoms. The molecule has 1 aliphatic heterocycles. The fourth-order valence-electron chi connectivity index (χ4n) is 3.79. The van der Waals surface area contributed by atoms with Crippen molar-refractivity contribution in [3.05, 3.63) is 29.3 Å². The zero-order valence-electron chi connectivity index (χ0n) is 14.1. The molecule has 126 valence electrons. The molecule has 1 fully saturated rings. The molecule has 0 spiro atoms. The maximum atomic E-state index is 11.9. The van der Waals surface area contributed by atoms with Crippen molar-refractivity contribution in [1.29, 1.82) is 0 Å². The molecule has 0 saturated carbocycles. The van der Waals surface area contributed by atoms with Crippen LogP contribution in [0.25, 0.3) is 0 Å². The average Bonchev–Trinajstić information content (AvgIpc) is 3.03. The number of hydrogen-bond donors (Lipinski definition) is 1. The first-order valence-corrected chi connectivity index (χ1v) is 9.01. The number of hydrogen-bond acceptors (Lipinski definition) is 3. The Morgan fingerprint density at radius 2 is 2.13 bits per heavy atom. The van der Waals surface area contributed by atoms with Crippen molar-refractivity contribution in [3.63, 3.8) is 0 Å². The van der Waals surface area contributed by atoms with Gasteiger partial charge < -0.3 is 14.4 Å². The number of quaternary nitrogens is 1. The van der Waals surface area contributed by atoms with Crippen LogP contribution in [0.4, 0.5) is 0 Å². The first-order valence-electron chi connectivity index (χ1n) is 9.01. The van der Waals surface area contributed by atoms with E-state index < -0.39 is 0 Å². The topological polar surface area (TPSA) is 40.0 Å². The van der Waals surface area contributed by atoms with Crippen LogP contribution < -0.4 is 9.64 Å². The Morgan fingerprint density at radius 1 is 1.26 bits per heavy atom. The zero-order valence-corrected chi connectivity index (χ0v) is 14.1. The van der Waals surface area contributed by atoms with Crippen LogP contribution in [0.1, 0.15) is 37.3 Å². The van der Waals surface area contributed by atoms with E-state index in [2.05, 4.69) is 18.2 Å². The summed E-state index contributed by atoms with van der Waals surface area (Å²) in [7, 11) is 0. The molecule has 1 aromatic rings. The smallest absolute Gasteiger partial charge is 0.314 e. The minimum Gasteiger partial charge on any atom is -0.488 e. The van der Waals surface area contributed by atoms with Crippen LogP contribution in [-0.4, -0.2) is 38.8 Å². The quantitative estimate of drug-likeness (QED) is 0.806. The number of carbonyl (C=O) groups is 1. The first kappa shape index (κ1) is 16.3. The van der Waals surface area contributed by atoms with Crippen LogP contribution in [0.15, 0.2) is 18.2 Å². The van der Waals surface area contributed by atoms with E-state index in [9.17, 15) is 4.79 Å². The summed E-state index contributed by atoms with van der Waals surface area (Å²) in [5, 5.41) is 0. The molecule has 1 aliphatic carbocycles. The fourth-order valence-corrected chi connectivity index (χ4v) is 3.79. The monoisotopic (exact) mass is 318 g/mol. The lowest BCUT2D eigenvalue weighted by Gasteiger charge is -2.28. The molecule has 0 bridgehead atoms. The number of esters is 1. The van der Waals surface area contributed by atoms with E-state index >= 15 is 0 Å². The summed E-state index contributed by atoms with van der Waals surface area (Å²) >= 11 is 0. The van der Waals surface area contributed by atoms with Gasteiger partial charge in [-0.05, 0) is 62.3 Å². The van der Waals surface area contributed by atoms with Crippen LogP contribution >= 0.6 is 0 Å². The Morgan fingerprint density at radius 3 is 3.00 bits per heavy atom. The largest absolute Gasteiger partial charge is 0.488 e. The maximum absolute atomic E-state index is 11.9. The van der Waals surface area contributed by atoms with Gasteiger partial charge in [-0.1, -0.05) is 6.07 Å². The molecular formula is C19H28NO3+. The Balaban J connectivity index is 1.44. The molecule has 2 atom stereocenters. The lowest BCUT2D eigenvalue weighted by atomic mass is 9.98. The Bertz CT molecular complexity index is 543. The van der Waals surface area contributed by atoms with E-state index in [1.54, 1.807) is 0 Å². The highest BCUT2D eigenvalue weighted by molar-refractivity contribution is 5.72. The number of benzene rings is 1. The summed E-state index contributed by atoms with van der Waals surface area (Å²) in [5.74, 6) is 1.03. The van der Waals surface area contributed by atoms with Crippen molar-refractivity contribution in [2.75, 3.05) is 32.8 Å². The average molecular weight is 318 g/mol. The van der Waals surface area contributed by atoms with E-state index in [4.69, 9.17) is 9.47 Å². The summed E-state index contributed by atoms with van der Waals surface area (Å²) in [6, 6.07) is 6.51. The molecule has 1 aromatic carbocycles. The van der Waals surface area contributed by atoms with E-state index in [0.29, 0.717) is 13.2 Å². The van der Waals surface area contributed by atoms with Gasteiger partial charge in [-0.2, -0.15) is 0 Å². The predicted molar refractivity (Wildman–Crippen MR) is 88.9 cm³/mol. The van der Waals surface area contributed by atoms with Gasteiger partial charge in [0.15, 0.2) is 0 Å². The van der Waals surface area contributed by atoms with Gasteiger partial charge >= 0.3 is 5.97 Å². The van der Waals surface area contributed by atoms with Gasteiger partial charge in [0, 0.05) is 0 Å². The number of fused-ring (bicyclic) bond motifs is 1. The van der Waals surface area contributed by atoms with Crippen LogP contribution in [0.5, 0.6) is 5.75 Å². The molecule has 0 aromatic heterocycles. The Labute approximate surface area is 138 Å². The number of likely N-dealkylation sites (tertiary alicyclic amines) is 1. The van der Waals surface area contributed by atoms with Crippen LogP contribution in [0.3, 0.4) is 0 Å². The molecule has 0 amide bonds. The Hall–Kier alpha value is -1.55. The standard InChI is InChI=1S/C19H27NO3/c1-2-22-19(21)17-7-4-10-20(14-17)11-12-23-18-9-8-15-5-3-6-16(15)13-18/h8-9,13,17H,2-7,10-12,14H2,1H3/p+1/t17-/m1/s1. The van der Waals surface area contributed by atoms with Gasteiger partial charge in [-0.3, -0.25) is 4.79 Å². The number of aryl methyl sites for hydroxylation is 2. The van der Waals surface area contributed by atoms with Crippen molar-refractivity contribution in [3.8, 4) is 5.75 Å². The van der Waals surface area contributed by atoms with Gasteiger partial charge in [0.1, 0.15) is 24.8 Å². The lowest BCUT2D eigenvalue weighted by molar-refractivity contribution is -0.907. The van der Waals surface area contributed by atoms with Gasteiger partial charge in [-0.15, -0.1) is 0 Å². The molecule has 1 heterocycles. The molecule has 1 N–H and O–H groups in total. The second-order valence-electron chi connectivity index (χ2n) is 6.68. The molecule has 1 saturated heterocycles. The number of ether oxygens (including phenoxy) is 2. The van der Waals surface area contributed by atoms with Gasteiger partial charge in [0.25, 0.3) is 0 Å². The minimum absolute atomic E-state index is 0.0239. The third kappa shape index (κ3) is 4.25. The molecule has 4 nitrogen and oxygen atoms in total. The van der Waals surface area contributed by atoms with Crippen molar-refractivity contribution in [2.45, 2.75) is 39.0 Å². The fraction of sp³-hybridized carbons (Fsp3) is 0.632. The Kier molecular flexibility index (Phi) is 5.55. The first-order chi connectivity index (χ1) is 11.3. The summed E-state index contributed by atoms with van der Waals surface area (Å²) < 4.78 is 11.1. The molecule has 0 radical (unpaired) electrons. The predicted octanol–water partition coefficient (Wildman–Crippen LogP) is 1.41. The number of piperidine rings is 1. The zero-order chi connectivity index (χ0) is 16.1. The number of carbonyl (C=O) groups excluding carboxylic acids is 1. The molecular weight excluding hydrogens is 290 g/mol. The van der Waals surface area contributed by atoms with Crippen molar-refractivity contribution < 1.29 is 19.2 Å². The summed E-state index contributed by atoms with van der Waals surface area (Å²) in [5.41, 5.74) is 2.94. The molecule has 3 rings (SSSR count). The van der Waals surface area contributed by atoms with Crippen LogP contribution in [-0.2, 0) is 22.4 Å². The van der Waals surface area contributed by atoms with Gasteiger partial charge in [0.05, 0.1) is 19.7 Å². The van der Waals surface area contributed by atoms with Crippen LogP contribution in [0, 0.1) is 5.92 Å². The third-order valence-electron chi connectivity index (χ3n) is 5.03. The molecule has 23 heavy (non-hydrogen) atoms. The highest BCUT2D eigenvalue weighted by Gasteiger charge is 2.29. The summed E-state index contributed by atoms with van der Waals surface area (Å²) in [6.07, 6.45) is 5.73. The highest BCUT2D eigenvalue weighted by atomic mass is 16.5. The van der Waals surface area contributed by atoms with Crippen molar-refractivity contribution in [1.82, 2.24) is 0 Å².